The van der Waals surface area contributed by atoms with Gasteiger partial charge in [0.1, 0.15) is 0 Å². The quantitative estimate of drug-likeness (QED) is 0.448. The van der Waals surface area contributed by atoms with Crippen LogP contribution in [-0.2, 0) is 4.79 Å². The SMILES string of the molecule is CN(CCCC1CC(c2ccccc2)NN1)C(=O)CCNC(=O)NC12CC3CC(CC(C3)C1)C2. The molecule has 4 N–H and O–H groups in total. The molecule has 0 aromatic heterocycles. The van der Waals surface area contributed by atoms with Crippen LogP contribution in [0.5, 0.6) is 0 Å². The van der Waals surface area contributed by atoms with Crippen molar-refractivity contribution in [1.82, 2.24) is 26.4 Å². The highest BCUT2D eigenvalue weighted by Gasteiger charge is 2.51. The van der Waals surface area contributed by atoms with Crippen molar-refractivity contribution in [2.45, 2.75) is 81.8 Å². The molecule has 1 heterocycles. The zero-order valence-electron chi connectivity index (χ0n) is 20.5. The van der Waals surface area contributed by atoms with Gasteiger partial charge in [-0.15, -0.1) is 0 Å². The van der Waals surface area contributed by atoms with E-state index in [-0.39, 0.29) is 17.5 Å². The van der Waals surface area contributed by atoms with Crippen LogP contribution < -0.4 is 21.5 Å². The summed E-state index contributed by atoms with van der Waals surface area (Å²) >= 11 is 0. The summed E-state index contributed by atoms with van der Waals surface area (Å²) in [5.41, 5.74) is 8.12. The Morgan fingerprint density at radius 3 is 2.35 bits per heavy atom. The molecule has 186 valence electrons. The Morgan fingerprint density at radius 1 is 1.00 bits per heavy atom. The van der Waals surface area contributed by atoms with E-state index >= 15 is 0 Å². The molecule has 1 saturated heterocycles. The molecule has 5 fully saturated rings. The zero-order valence-corrected chi connectivity index (χ0v) is 20.5. The lowest BCUT2D eigenvalue weighted by atomic mass is 9.53. The number of amides is 3. The summed E-state index contributed by atoms with van der Waals surface area (Å²) in [5.74, 6) is 2.51. The van der Waals surface area contributed by atoms with E-state index in [2.05, 4.69) is 45.8 Å². The molecular weight excluding hydrogens is 426 g/mol. The lowest BCUT2D eigenvalue weighted by Crippen LogP contribution is -2.61. The van der Waals surface area contributed by atoms with Gasteiger partial charge in [0.05, 0.1) is 0 Å². The maximum atomic E-state index is 12.6. The molecule has 0 radical (unpaired) electrons. The van der Waals surface area contributed by atoms with Crippen molar-refractivity contribution in [1.29, 1.82) is 0 Å². The van der Waals surface area contributed by atoms with Gasteiger partial charge in [0, 0.05) is 44.2 Å². The fourth-order valence-electron chi connectivity index (χ4n) is 7.44. The van der Waals surface area contributed by atoms with Gasteiger partial charge in [-0.1, -0.05) is 30.3 Å². The third-order valence-corrected chi connectivity index (χ3v) is 8.70. The molecule has 1 aliphatic heterocycles. The Morgan fingerprint density at radius 2 is 1.68 bits per heavy atom. The van der Waals surface area contributed by atoms with Gasteiger partial charge in [0.25, 0.3) is 0 Å². The van der Waals surface area contributed by atoms with Gasteiger partial charge < -0.3 is 15.5 Å². The fraction of sp³-hybridized carbons (Fsp3) is 0.704. The van der Waals surface area contributed by atoms with Crippen LogP contribution in [0.25, 0.3) is 0 Å². The predicted molar refractivity (Wildman–Crippen MR) is 133 cm³/mol. The molecule has 2 unspecified atom stereocenters. The monoisotopic (exact) mass is 467 g/mol. The number of hydrogen-bond acceptors (Lipinski definition) is 4. The summed E-state index contributed by atoms with van der Waals surface area (Å²) in [5, 5.41) is 6.27. The van der Waals surface area contributed by atoms with Crippen molar-refractivity contribution in [3.63, 3.8) is 0 Å². The van der Waals surface area contributed by atoms with Crippen molar-refractivity contribution in [3.8, 4) is 0 Å². The second-order valence-corrected chi connectivity index (χ2v) is 11.5. The van der Waals surface area contributed by atoms with Gasteiger partial charge in [-0.05, 0) is 81.1 Å². The summed E-state index contributed by atoms with van der Waals surface area (Å²) in [7, 11) is 1.87. The second-order valence-electron chi connectivity index (χ2n) is 11.5. The summed E-state index contributed by atoms with van der Waals surface area (Å²) in [6.07, 6.45) is 10.9. The zero-order chi connectivity index (χ0) is 23.5. The van der Waals surface area contributed by atoms with Crippen molar-refractivity contribution >= 4 is 11.9 Å². The second kappa shape index (κ2) is 10.2. The van der Waals surface area contributed by atoms with E-state index in [1.54, 1.807) is 4.90 Å². The first-order valence-electron chi connectivity index (χ1n) is 13.3. The number of rotatable bonds is 9. The molecule has 4 saturated carbocycles. The number of urea groups is 1. The lowest BCUT2D eigenvalue weighted by Gasteiger charge is -2.56. The molecule has 4 aliphatic carbocycles. The number of carbonyl (C=O) groups is 2. The molecule has 34 heavy (non-hydrogen) atoms. The lowest BCUT2D eigenvalue weighted by molar-refractivity contribution is -0.129. The minimum Gasteiger partial charge on any atom is -0.346 e. The molecule has 7 heteroatoms. The predicted octanol–water partition coefficient (Wildman–Crippen LogP) is 3.49. The fourth-order valence-corrected chi connectivity index (χ4v) is 7.44. The van der Waals surface area contributed by atoms with E-state index in [1.165, 1.54) is 24.8 Å². The maximum absolute atomic E-state index is 12.6. The van der Waals surface area contributed by atoms with Gasteiger partial charge in [0.2, 0.25) is 5.91 Å². The van der Waals surface area contributed by atoms with Crippen LogP contribution in [0.3, 0.4) is 0 Å². The summed E-state index contributed by atoms with van der Waals surface area (Å²) in [6.45, 7) is 1.14. The van der Waals surface area contributed by atoms with E-state index in [9.17, 15) is 9.59 Å². The van der Waals surface area contributed by atoms with E-state index in [4.69, 9.17) is 0 Å². The summed E-state index contributed by atoms with van der Waals surface area (Å²) in [6, 6.07) is 11.2. The average molecular weight is 468 g/mol. The Labute approximate surface area is 203 Å². The molecule has 1 aromatic carbocycles. The van der Waals surface area contributed by atoms with Crippen LogP contribution in [0, 0.1) is 17.8 Å². The highest BCUT2D eigenvalue weighted by molar-refractivity contribution is 5.78. The molecular formula is C27H41N5O2. The van der Waals surface area contributed by atoms with E-state index in [1.807, 2.05) is 13.1 Å². The number of carbonyl (C=O) groups excluding carboxylic acids is 2. The average Bonchev–Trinajstić information content (AvgIpc) is 3.27. The Hall–Kier alpha value is -2.12. The third kappa shape index (κ3) is 5.57. The molecule has 7 nitrogen and oxygen atoms in total. The number of nitrogens with zero attached hydrogens (tertiary/aromatic N) is 1. The van der Waals surface area contributed by atoms with E-state index < -0.39 is 0 Å². The largest absolute Gasteiger partial charge is 0.346 e. The Bertz CT molecular complexity index is 825. The number of hydrazine groups is 1. The van der Waals surface area contributed by atoms with Gasteiger partial charge in [-0.25, -0.2) is 4.79 Å². The Balaban J connectivity index is 0.959. The van der Waals surface area contributed by atoms with Crippen LogP contribution >= 0.6 is 0 Å². The van der Waals surface area contributed by atoms with Crippen molar-refractivity contribution in [3.05, 3.63) is 35.9 Å². The molecule has 3 amide bonds. The van der Waals surface area contributed by atoms with Crippen LogP contribution in [0.1, 0.15) is 75.8 Å². The van der Waals surface area contributed by atoms with Crippen LogP contribution in [0.15, 0.2) is 30.3 Å². The summed E-state index contributed by atoms with van der Waals surface area (Å²) in [4.78, 5) is 26.9. The molecule has 6 rings (SSSR count). The van der Waals surface area contributed by atoms with Crippen LogP contribution in [0.4, 0.5) is 4.79 Å². The van der Waals surface area contributed by atoms with Gasteiger partial charge in [0.15, 0.2) is 0 Å². The van der Waals surface area contributed by atoms with Crippen molar-refractivity contribution in [2.24, 2.45) is 17.8 Å². The molecule has 0 spiro atoms. The molecule has 4 bridgehead atoms. The molecule has 2 atom stereocenters. The first-order chi connectivity index (χ1) is 16.5. The first-order valence-corrected chi connectivity index (χ1v) is 13.3. The highest BCUT2D eigenvalue weighted by Crippen LogP contribution is 2.55. The van der Waals surface area contributed by atoms with E-state index in [0.717, 1.165) is 62.8 Å². The smallest absolute Gasteiger partial charge is 0.315 e. The van der Waals surface area contributed by atoms with Crippen LogP contribution in [0.2, 0.25) is 0 Å². The first kappa shape index (κ1) is 23.6. The number of benzene rings is 1. The van der Waals surface area contributed by atoms with Gasteiger partial charge >= 0.3 is 6.03 Å². The highest BCUT2D eigenvalue weighted by atomic mass is 16.2. The Kier molecular flexibility index (Phi) is 7.11. The van der Waals surface area contributed by atoms with Gasteiger partial charge in [-0.3, -0.25) is 15.6 Å². The van der Waals surface area contributed by atoms with Crippen molar-refractivity contribution < 1.29 is 9.59 Å². The van der Waals surface area contributed by atoms with E-state index in [0.29, 0.717) is 25.0 Å². The van der Waals surface area contributed by atoms with Gasteiger partial charge in [-0.2, -0.15) is 0 Å². The number of nitrogens with one attached hydrogen (secondary N) is 4. The summed E-state index contributed by atoms with van der Waals surface area (Å²) < 4.78 is 0. The minimum atomic E-state index is -0.0924. The maximum Gasteiger partial charge on any atom is 0.315 e. The topological polar surface area (TPSA) is 85.5 Å². The van der Waals surface area contributed by atoms with Crippen LogP contribution in [-0.4, -0.2) is 48.6 Å². The number of hydrogen-bond donors (Lipinski definition) is 4. The normalized spacial score (nSPS) is 33.6. The van der Waals surface area contributed by atoms with Crippen molar-refractivity contribution in [2.75, 3.05) is 20.1 Å². The molecule has 5 aliphatic rings. The third-order valence-electron chi connectivity index (χ3n) is 8.70. The standard InChI is InChI=1S/C27H41N5O2/c1-32(11-5-8-23-15-24(31-30-23)22-6-3-2-4-7-22)25(33)9-10-28-26(34)29-27-16-19-12-20(17-27)14-21(13-19)18-27/h2-4,6-7,19-21,23-24,30-31H,5,8-18H2,1H3,(H2,28,29,34). The molecule has 1 aromatic rings. The minimum absolute atomic E-state index is 0.0162.